The summed E-state index contributed by atoms with van der Waals surface area (Å²) in [5, 5.41) is 2.94. The third-order valence-corrected chi connectivity index (χ3v) is 2.87. The molecule has 2 nitrogen and oxygen atoms in total. The average Bonchev–Trinajstić information content (AvgIpc) is 2.28. The summed E-state index contributed by atoms with van der Waals surface area (Å²) >= 11 is 0. The van der Waals surface area contributed by atoms with Crippen LogP contribution in [0.3, 0.4) is 0 Å². The molecule has 92 valence electrons. The lowest BCUT2D eigenvalue weighted by Crippen LogP contribution is -2.34. The van der Waals surface area contributed by atoms with Crippen molar-refractivity contribution in [2.75, 3.05) is 0 Å². The van der Waals surface area contributed by atoms with Crippen molar-refractivity contribution in [3.8, 4) is 0 Å². The van der Waals surface area contributed by atoms with Gasteiger partial charge in [-0.25, -0.2) is 0 Å². The third kappa shape index (κ3) is 4.85. The summed E-state index contributed by atoms with van der Waals surface area (Å²) in [6.07, 6.45) is 3.42. The van der Waals surface area contributed by atoms with E-state index in [9.17, 15) is 4.79 Å². The number of carbonyl (C=O) groups excluding carboxylic acids is 1. The van der Waals surface area contributed by atoms with Gasteiger partial charge in [-0.1, -0.05) is 43.7 Å². The van der Waals surface area contributed by atoms with E-state index >= 15 is 0 Å². The molecule has 17 heavy (non-hydrogen) atoms. The van der Waals surface area contributed by atoms with E-state index in [0.29, 0.717) is 5.92 Å². The first-order valence-corrected chi connectivity index (χ1v) is 6.04. The van der Waals surface area contributed by atoms with Gasteiger partial charge >= 0.3 is 0 Å². The molecule has 1 aromatic carbocycles. The minimum Gasteiger partial charge on any atom is -0.350 e. The lowest BCUT2D eigenvalue weighted by atomic mass is 10.1. The predicted molar refractivity (Wildman–Crippen MR) is 72.7 cm³/mol. The van der Waals surface area contributed by atoms with Gasteiger partial charge in [0.25, 0.3) is 0 Å². The molecule has 2 heteroatoms. The molecule has 0 aromatic heterocycles. The number of carbonyl (C=O) groups is 1. The van der Waals surface area contributed by atoms with Crippen LogP contribution < -0.4 is 5.32 Å². The van der Waals surface area contributed by atoms with Crippen LogP contribution in [0.25, 0.3) is 6.08 Å². The molecule has 1 atom stereocenters. The van der Waals surface area contributed by atoms with Gasteiger partial charge in [0.2, 0.25) is 5.91 Å². The van der Waals surface area contributed by atoms with Crippen LogP contribution in [0.15, 0.2) is 30.3 Å². The molecule has 1 amide bonds. The first-order chi connectivity index (χ1) is 7.99. The van der Waals surface area contributed by atoms with Gasteiger partial charge in [0.05, 0.1) is 0 Å². The van der Waals surface area contributed by atoms with E-state index in [0.717, 1.165) is 5.56 Å². The molecule has 1 aromatic rings. The number of benzene rings is 1. The minimum atomic E-state index is -0.0354. The first-order valence-electron chi connectivity index (χ1n) is 6.04. The fraction of sp³-hybridized carbons (Fsp3) is 0.400. The van der Waals surface area contributed by atoms with Crippen LogP contribution in [0, 0.1) is 12.8 Å². The Morgan fingerprint density at radius 3 is 2.29 bits per heavy atom. The van der Waals surface area contributed by atoms with Crippen LogP contribution in [0.1, 0.15) is 31.9 Å². The molecule has 0 saturated heterocycles. The van der Waals surface area contributed by atoms with Crippen molar-refractivity contribution in [1.82, 2.24) is 5.32 Å². The maximum absolute atomic E-state index is 11.6. The van der Waals surface area contributed by atoms with Gasteiger partial charge in [0.15, 0.2) is 0 Å². The Morgan fingerprint density at radius 1 is 1.18 bits per heavy atom. The van der Waals surface area contributed by atoms with E-state index < -0.39 is 0 Å². The zero-order chi connectivity index (χ0) is 12.8. The molecular weight excluding hydrogens is 210 g/mol. The second-order valence-corrected chi connectivity index (χ2v) is 4.79. The molecule has 1 N–H and O–H groups in total. The lowest BCUT2D eigenvalue weighted by Gasteiger charge is -2.15. The highest BCUT2D eigenvalue weighted by molar-refractivity contribution is 5.91. The van der Waals surface area contributed by atoms with Crippen LogP contribution in [0.4, 0.5) is 0 Å². The van der Waals surface area contributed by atoms with Crippen LogP contribution in [-0.4, -0.2) is 11.9 Å². The largest absolute Gasteiger partial charge is 0.350 e. The van der Waals surface area contributed by atoms with Crippen molar-refractivity contribution in [2.45, 2.75) is 33.7 Å². The number of aryl methyl sites for hydroxylation is 1. The van der Waals surface area contributed by atoms with Gasteiger partial charge in [-0.15, -0.1) is 0 Å². The Labute approximate surface area is 104 Å². The van der Waals surface area contributed by atoms with E-state index in [1.165, 1.54) is 5.56 Å². The molecular formula is C15H21NO. The highest BCUT2D eigenvalue weighted by atomic mass is 16.1. The van der Waals surface area contributed by atoms with Crippen molar-refractivity contribution >= 4 is 12.0 Å². The van der Waals surface area contributed by atoms with Crippen LogP contribution >= 0.6 is 0 Å². The fourth-order valence-electron chi connectivity index (χ4n) is 1.29. The summed E-state index contributed by atoms with van der Waals surface area (Å²) in [4.78, 5) is 11.6. The van der Waals surface area contributed by atoms with Gasteiger partial charge in [-0.3, -0.25) is 4.79 Å². The van der Waals surface area contributed by atoms with E-state index in [1.807, 2.05) is 44.2 Å². The Morgan fingerprint density at radius 2 is 1.76 bits per heavy atom. The zero-order valence-corrected chi connectivity index (χ0v) is 11.0. The standard InChI is InChI=1S/C15H21NO/c1-11(2)13(4)16-15(17)10-9-14-7-5-12(3)6-8-14/h5-11,13H,1-4H3,(H,16,17)/b10-9+/t13-/m1/s1. The molecule has 1 rings (SSSR count). The summed E-state index contributed by atoms with van der Waals surface area (Å²) in [5.41, 5.74) is 2.27. The summed E-state index contributed by atoms with van der Waals surface area (Å²) in [5.74, 6) is 0.415. The van der Waals surface area contributed by atoms with Crippen LogP contribution in [0.2, 0.25) is 0 Å². The average molecular weight is 231 g/mol. The van der Waals surface area contributed by atoms with Crippen molar-refractivity contribution < 1.29 is 4.79 Å². The van der Waals surface area contributed by atoms with Gasteiger partial charge in [0.1, 0.15) is 0 Å². The molecule has 0 spiro atoms. The van der Waals surface area contributed by atoms with Gasteiger partial charge in [0, 0.05) is 12.1 Å². The van der Waals surface area contributed by atoms with Crippen molar-refractivity contribution in [1.29, 1.82) is 0 Å². The van der Waals surface area contributed by atoms with E-state index in [2.05, 4.69) is 19.2 Å². The molecule has 0 bridgehead atoms. The number of rotatable bonds is 4. The molecule has 0 saturated carbocycles. The van der Waals surface area contributed by atoms with Crippen LogP contribution in [-0.2, 0) is 4.79 Å². The maximum atomic E-state index is 11.6. The fourth-order valence-corrected chi connectivity index (χ4v) is 1.29. The molecule has 0 aliphatic heterocycles. The molecule has 0 aliphatic carbocycles. The lowest BCUT2D eigenvalue weighted by molar-refractivity contribution is -0.117. The highest BCUT2D eigenvalue weighted by Crippen LogP contribution is 2.05. The first kappa shape index (κ1) is 13.5. The Hall–Kier alpha value is -1.57. The van der Waals surface area contributed by atoms with Crippen molar-refractivity contribution in [2.24, 2.45) is 5.92 Å². The second-order valence-electron chi connectivity index (χ2n) is 4.79. The number of amides is 1. The normalized spacial score (nSPS) is 13.0. The van der Waals surface area contributed by atoms with Gasteiger partial charge in [-0.2, -0.15) is 0 Å². The molecule has 0 heterocycles. The monoisotopic (exact) mass is 231 g/mol. The summed E-state index contributed by atoms with van der Waals surface area (Å²) in [6, 6.07) is 8.28. The van der Waals surface area contributed by atoms with E-state index in [1.54, 1.807) is 6.08 Å². The Balaban J connectivity index is 2.53. The zero-order valence-electron chi connectivity index (χ0n) is 11.0. The predicted octanol–water partition coefficient (Wildman–Crippen LogP) is 3.17. The molecule has 0 aliphatic rings. The summed E-state index contributed by atoms with van der Waals surface area (Å²) in [7, 11) is 0. The van der Waals surface area contributed by atoms with Crippen molar-refractivity contribution in [3.05, 3.63) is 41.5 Å². The smallest absolute Gasteiger partial charge is 0.244 e. The molecule has 0 unspecified atom stereocenters. The van der Waals surface area contributed by atoms with Crippen LogP contribution in [0.5, 0.6) is 0 Å². The van der Waals surface area contributed by atoms with Gasteiger partial charge in [-0.05, 0) is 31.4 Å². The number of hydrogen-bond acceptors (Lipinski definition) is 1. The van der Waals surface area contributed by atoms with E-state index in [4.69, 9.17) is 0 Å². The highest BCUT2D eigenvalue weighted by Gasteiger charge is 2.07. The maximum Gasteiger partial charge on any atom is 0.244 e. The minimum absolute atomic E-state index is 0.0354. The topological polar surface area (TPSA) is 29.1 Å². The van der Waals surface area contributed by atoms with E-state index in [-0.39, 0.29) is 11.9 Å². The Bertz CT molecular complexity index is 390. The van der Waals surface area contributed by atoms with Gasteiger partial charge < -0.3 is 5.32 Å². The molecule has 0 fully saturated rings. The second kappa shape index (κ2) is 6.24. The molecule has 0 radical (unpaired) electrons. The summed E-state index contributed by atoms with van der Waals surface area (Å²) in [6.45, 7) is 8.25. The number of nitrogens with one attached hydrogen (secondary N) is 1. The quantitative estimate of drug-likeness (QED) is 0.792. The Kier molecular flexibility index (Phi) is 4.95. The summed E-state index contributed by atoms with van der Waals surface area (Å²) < 4.78 is 0. The van der Waals surface area contributed by atoms with Crippen molar-refractivity contribution in [3.63, 3.8) is 0 Å². The number of hydrogen-bond donors (Lipinski definition) is 1. The SMILES string of the molecule is Cc1ccc(/C=C/C(=O)N[C@H](C)C(C)C)cc1. The third-order valence-electron chi connectivity index (χ3n) is 2.87.